The molecular formula is C19H13Cl2N5O2S2. The molecule has 0 bridgehead atoms. The summed E-state index contributed by atoms with van der Waals surface area (Å²) < 4.78 is 5.57. The minimum absolute atomic E-state index is 0.107. The summed E-state index contributed by atoms with van der Waals surface area (Å²) in [6.07, 6.45) is 0. The number of aromatic nitrogens is 2. The van der Waals surface area contributed by atoms with E-state index < -0.39 is 0 Å². The number of carbonyl (C=O) groups is 1. The largest absolute Gasteiger partial charge is 0.411 e. The second kappa shape index (κ2) is 9.65. The zero-order chi connectivity index (χ0) is 20.9. The van der Waals surface area contributed by atoms with Gasteiger partial charge >= 0.3 is 0 Å². The van der Waals surface area contributed by atoms with E-state index in [4.69, 9.17) is 27.6 Å². The summed E-state index contributed by atoms with van der Waals surface area (Å²) in [6.45, 7) is 0. The fourth-order valence-electron chi connectivity index (χ4n) is 2.40. The molecule has 0 fully saturated rings. The van der Waals surface area contributed by atoms with Gasteiger partial charge in [-0.3, -0.25) is 4.79 Å². The molecule has 1 amide bonds. The van der Waals surface area contributed by atoms with E-state index >= 15 is 0 Å². The molecule has 30 heavy (non-hydrogen) atoms. The van der Waals surface area contributed by atoms with Gasteiger partial charge in [-0.15, -0.1) is 15.3 Å². The molecule has 0 radical (unpaired) electrons. The van der Waals surface area contributed by atoms with Crippen LogP contribution in [0, 0.1) is 0 Å². The van der Waals surface area contributed by atoms with E-state index in [1.54, 1.807) is 36.4 Å². The second-order valence-corrected chi connectivity index (χ2v) is 8.73. The van der Waals surface area contributed by atoms with Crippen LogP contribution in [0.15, 0.2) is 68.4 Å². The number of amidine groups is 1. The third-order valence-electron chi connectivity index (χ3n) is 3.86. The zero-order valence-electron chi connectivity index (χ0n) is 15.2. The SMILES string of the molecule is O=C(CSc1nnc(-c2ccc(Cl)cc2)o1)NC1=NN=C(c2ccc(Cl)cc2)CS1. The molecule has 1 N–H and O–H groups in total. The molecule has 2 aromatic carbocycles. The fraction of sp³-hybridized carbons (Fsp3) is 0.105. The Labute approximate surface area is 190 Å². The third-order valence-corrected chi connectivity index (χ3v) is 6.05. The Bertz CT molecular complexity index is 1110. The fourth-order valence-corrected chi connectivity index (χ4v) is 4.00. The van der Waals surface area contributed by atoms with Gasteiger partial charge in [-0.1, -0.05) is 58.9 Å². The topological polar surface area (TPSA) is 92.7 Å². The molecule has 0 saturated carbocycles. The van der Waals surface area contributed by atoms with Crippen molar-refractivity contribution >= 4 is 63.5 Å². The average Bonchev–Trinajstić information content (AvgIpc) is 3.23. The summed E-state index contributed by atoms with van der Waals surface area (Å²) in [5, 5.41) is 21.0. The lowest BCUT2D eigenvalue weighted by atomic mass is 10.1. The molecule has 0 spiro atoms. The normalized spacial score (nSPS) is 13.5. The smallest absolute Gasteiger partial charge is 0.277 e. The number of thioether (sulfide) groups is 2. The van der Waals surface area contributed by atoms with Crippen molar-refractivity contribution in [2.45, 2.75) is 5.22 Å². The van der Waals surface area contributed by atoms with E-state index in [0.717, 1.165) is 28.6 Å². The number of nitrogens with zero attached hydrogens (tertiary/aromatic N) is 4. The summed E-state index contributed by atoms with van der Waals surface area (Å²) in [5.41, 5.74) is 2.53. The van der Waals surface area contributed by atoms with Gasteiger partial charge in [-0.25, -0.2) is 0 Å². The minimum Gasteiger partial charge on any atom is -0.411 e. The number of benzene rings is 2. The minimum atomic E-state index is -0.234. The Kier molecular flexibility index (Phi) is 6.73. The first-order chi connectivity index (χ1) is 14.6. The first kappa shape index (κ1) is 20.9. The van der Waals surface area contributed by atoms with E-state index in [-0.39, 0.29) is 11.7 Å². The van der Waals surface area contributed by atoms with Crippen LogP contribution in [0.5, 0.6) is 0 Å². The van der Waals surface area contributed by atoms with Crippen molar-refractivity contribution < 1.29 is 9.21 Å². The molecule has 2 heterocycles. The van der Waals surface area contributed by atoms with E-state index in [1.807, 2.05) is 12.1 Å². The second-order valence-electron chi connectivity index (χ2n) is 5.96. The van der Waals surface area contributed by atoms with Crippen LogP contribution in [-0.4, -0.2) is 38.5 Å². The maximum Gasteiger partial charge on any atom is 0.277 e. The summed E-state index contributed by atoms with van der Waals surface area (Å²) in [5.74, 6) is 0.839. The standard InChI is InChI=1S/C19H13Cl2N5O2S2/c20-13-5-1-11(2-6-13)15-9-29-18(25-23-15)22-16(27)10-30-19-26-24-17(28-19)12-3-7-14(21)8-4-12/h1-8H,9-10H2,(H,22,25,27). The Morgan fingerprint density at radius 1 is 1.00 bits per heavy atom. The predicted octanol–water partition coefficient (Wildman–Crippen LogP) is 4.76. The van der Waals surface area contributed by atoms with Crippen molar-refractivity contribution in [1.82, 2.24) is 15.5 Å². The molecule has 4 rings (SSSR count). The van der Waals surface area contributed by atoms with E-state index in [0.29, 0.717) is 32.1 Å². The monoisotopic (exact) mass is 477 g/mol. The summed E-state index contributed by atoms with van der Waals surface area (Å²) in [7, 11) is 0. The van der Waals surface area contributed by atoms with Crippen LogP contribution in [-0.2, 0) is 4.79 Å². The van der Waals surface area contributed by atoms with Gasteiger partial charge < -0.3 is 9.73 Å². The summed E-state index contributed by atoms with van der Waals surface area (Å²) in [4.78, 5) is 12.2. The van der Waals surface area contributed by atoms with Crippen LogP contribution < -0.4 is 5.32 Å². The van der Waals surface area contributed by atoms with Crippen molar-refractivity contribution in [2.24, 2.45) is 10.2 Å². The quantitative estimate of drug-likeness (QED) is 0.532. The number of rotatable bonds is 5. The highest BCUT2D eigenvalue weighted by Crippen LogP contribution is 2.24. The maximum absolute atomic E-state index is 12.2. The van der Waals surface area contributed by atoms with Gasteiger partial charge in [0.05, 0.1) is 11.5 Å². The molecule has 152 valence electrons. The lowest BCUT2D eigenvalue weighted by molar-refractivity contribution is -0.117. The van der Waals surface area contributed by atoms with Crippen LogP contribution in [0.3, 0.4) is 0 Å². The number of halogens is 2. The van der Waals surface area contributed by atoms with Crippen molar-refractivity contribution in [3.8, 4) is 11.5 Å². The first-order valence-electron chi connectivity index (χ1n) is 8.62. The van der Waals surface area contributed by atoms with Gasteiger partial charge in [0.25, 0.3) is 5.22 Å². The summed E-state index contributed by atoms with van der Waals surface area (Å²) >= 11 is 14.3. The summed E-state index contributed by atoms with van der Waals surface area (Å²) in [6, 6.07) is 14.4. The van der Waals surface area contributed by atoms with Crippen LogP contribution in [0.25, 0.3) is 11.5 Å². The van der Waals surface area contributed by atoms with Crippen LogP contribution in [0.1, 0.15) is 5.56 Å². The van der Waals surface area contributed by atoms with Crippen LogP contribution in [0.2, 0.25) is 10.0 Å². The Morgan fingerprint density at radius 3 is 2.30 bits per heavy atom. The molecule has 7 nitrogen and oxygen atoms in total. The Hall–Kier alpha value is -2.33. The lowest BCUT2D eigenvalue weighted by Crippen LogP contribution is -2.31. The van der Waals surface area contributed by atoms with Gasteiger partial charge in [0, 0.05) is 21.4 Å². The average molecular weight is 478 g/mol. The van der Waals surface area contributed by atoms with E-state index in [1.165, 1.54) is 11.8 Å². The van der Waals surface area contributed by atoms with Gasteiger partial charge in [0.1, 0.15) is 0 Å². The van der Waals surface area contributed by atoms with Gasteiger partial charge in [0.2, 0.25) is 11.8 Å². The highest BCUT2D eigenvalue weighted by atomic mass is 35.5. The van der Waals surface area contributed by atoms with Crippen molar-refractivity contribution in [1.29, 1.82) is 0 Å². The Balaban J connectivity index is 1.30. The Morgan fingerprint density at radius 2 is 1.67 bits per heavy atom. The molecule has 0 saturated heterocycles. The molecule has 0 unspecified atom stereocenters. The third kappa shape index (κ3) is 5.42. The van der Waals surface area contributed by atoms with Crippen molar-refractivity contribution in [2.75, 3.05) is 11.5 Å². The predicted molar refractivity (Wildman–Crippen MR) is 121 cm³/mol. The van der Waals surface area contributed by atoms with Crippen LogP contribution in [0.4, 0.5) is 0 Å². The molecule has 1 aromatic heterocycles. The molecule has 3 aromatic rings. The number of hydrogen-bond donors (Lipinski definition) is 1. The molecule has 1 aliphatic heterocycles. The van der Waals surface area contributed by atoms with Crippen molar-refractivity contribution in [3.63, 3.8) is 0 Å². The molecule has 0 atom stereocenters. The molecular weight excluding hydrogens is 465 g/mol. The number of hydrogen-bond acceptors (Lipinski definition) is 8. The van der Waals surface area contributed by atoms with Gasteiger partial charge in [-0.05, 0) is 42.0 Å². The van der Waals surface area contributed by atoms with E-state index in [2.05, 4.69) is 25.7 Å². The number of amides is 1. The lowest BCUT2D eigenvalue weighted by Gasteiger charge is -2.12. The highest BCUT2D eigenvalue weighted by Gasteiger charge is 2.16. The molecule has 0 aliphatic carbocycles. The highest BCUT2D eigenvalue weighted by molar-refractivity contribution is 8.14. The maximum atomic E-state index is 12.2. The van der Waals surface area contributed by atoms with Crippen LogP contribution >= 0.6 is 46.7 Å². The molecule has 11 heteroatoms. The van der Waals surface area contributed by atoms with Gasteiger partial charge in [0.15, 0.2) is 5.17 Å². The zero-order valence-corrected chi connectivity index (χ0v) is 18.4. The number of nitrogens with one attached hydrogen (secondary N) is 1. The molecule has 1 aliphatic rings. The van der Waals surface area contributed by atoms with Crippen molar-refractivity contribution in [3.05, 3.63) is 64.1 Å². The first-order valence-corrected chi connectivity index (χ1v) is 11.3. The van der Waals surface area contributed by atoms with Gasteiger partial charge in [-0.2, -0.15) is 5.10 Å². The number of carbonyl (C=O) groups excluding carboxylic acids is 1. The van der Waals surface area contributed by atoms with E-state index in [9.17, 15) is 4.79 Å².